The molecule has 3 aromatic carbocycles. The average Bonchev–Trinajstić information content (AvgIpc) is 2.87. The summed E-state index contributed by atoms with van der Waals surface area (Å²) in [4.78, 5) is 7.17. The highest BCUT2D eigenvalue weighted by Crippen LogP contribution is 2.41. The van der Waals surface area contributed by atoms with Crippen molar-refractivity contribution in [2.75, 3.05) is 31.5 Å². The molecule has 0 amide bonds. The van der Waals surface area contributed by atoms with E-state index in [1.807, 2.05) is 18.2 Å². The molecule has 3 aromatic rings. The monoisotopic (exact) mass is 468 g/mol. The molecule has 0 aromatic heterocycles. The van der Waals surface area contributed by atoms with Gasteiger partial charge in [0, 0.05) is 23.4 Å². The number of methoxy groups -OCH3 is 2. The molecule has 0 spiro atoms. The zero-order valence-electron chi connectivity index (χ0n) is 20.9. The van der Waals surface area contributed by atoms with Crippen molar-refractivity contribution < 1.29 is 9.47 Å². The number of hydrogen-bond donors (Lipinski definition) is 2. The molecule has 2 aliphatic rings. The van der Waals surface area contributed by atoms with E-state index in [2.05, 4.69) is 90.9 Å². The molecule has 0 saturated carbocycles. The number of amidine groups is 1. The highest BCUT2D eigenvalue weighted by atomic mass is 16.5. The van der Waals surface area contributed by atoms with E-state index in [0.29, 0.717) is 6.67 Å². The third-order valence-electron chi connectivity index (χ3n) is 6.55. The van der Waals surface area contributed by atoms with Crippen LogP contribution in [0.15, 0.2) is 77.8 Å². The minimum Gasteiger partial charge on any atom is -0.497 e. The molecule has 2 N–H and O–H groups in total. The Hall–Kier alpha value is -3.93. The number of fused-ring (bicyclic) bond motifs is 3. The van der Waals surface area contributed by atoms with Crippen molar-refractivity contribution in [1.82, 2.24) is 4.90 Å². The van der Waals surface area contributed by atoms with Crippen LogP contribution in [0.25, 0.3) is 5.70 Å². The summed E-state index contributed by atoms with van der Waals surface area (Å²) in [6.45, 7) is 7.24. The Bertz CT molecular complexity index is 1290. The predicted molar refractivity (Wildman–Crippen MR) is 143 cm³/mol. The maximum atomic E-state index is 5.54. The van der Waals surface area contributed by atoms with Crippen LogP contribution in [0.3, 0.4) is 0 Å². The van der Waals surface area contributed by atoms with Gasteiger partial charge in [-0.05, 0) is 34.7 Å². The van der Waals surface area contributed by atoms with Crippen LogP contribution in [-0.4, -0.2) is 31.6 Å². The maximum Gasteiger partial charge on any atom is 0.142 e. The van der Waals surface area contributed by atoms with E-state index in [0.717, 1.165) is 40.0 Å². The molecule has 2 heterocycles. The molecule has 5 rings (SSSR count). The van der Waals surface area contributed by atoms with Gasteiger partial charge in [-0.1, -0.05) is 63.2 Å². The van der Waals surface area contributed by atoms with Crippen LogP contribution in [0.4, 0.5) is 11.4 Å². The largest absolute Gasteiger partial charge is 0.497 e. The first kappa shape index (κ1) is 22.8. The quantitative estimate of drug-likeness (QED) is 0.474. The first-order valence-corrected chi connectivity index (χ1v) is 11.9. The molecule has 6 heteroatoms. The molecule has 0 fully saturated rings. The number of ether oxygens (including phenoxy) is 2. The first-order valence-electron chi connectivity index (χ1n) is 11.9. The van der Waals surface area contributed by atoms with E-state index in [1.165, 1.54) is 11.1 Å². The molecule has 180 valence electrons. The van der Waals surface area contributed by atoms with E-state index in [4.69, 9.17) is 14.5 Å². The first-order chi connectivity index (χ1) is 16.9. The highest BCUT2D eigenvalue weighted by molar-refractivity contribution is 6.10. The summed E-state index contributed by atoms with van der Waals surface area (Å²) in [5.41, 5.74) is 6.86. The fourth-order valence-electron chi connectivity index (χ4n) is 4.55. The second-order valence-corrected chi connectivity index (χ2v) is 9.84. The summed E-state index contributed by atoms with van der Waals surface area (Å²) in [5.74, 6) is 2.27. The van der Waals surface area contributed by atoms with E-state index < -0.39 is 0 Å². The third-order valence-corrected chi connectivity index (χ3v) is 6.55. The van der Waals surface area contributed by atoms with Crippen molar-refractivity contribution in [3.8, 4) is 11.5 Å². The summed E-state index contributed by atoms with van der Waals surface area (Å²) >= 11 is 0. The Morgan fingerprint density at radius 2 is 1.74 bits per heavy atom. The Labute approximate surface area is 207 Å². The molecule has 0 radical (unpaired) electrons. The number of hydrogen-bond acceptors (Lipinski definition) is 6. The van der Waals surface area contributed by atoms with Crippen molar-refractivity contribution >= 4 is 22.9 Å². The fourth-order valence-corrected chi connectivity index (χ4v) is 4.55. The normalized spacial score (nSPS) is 16.8. The van der Waals surface area contributed by atoms with Crippen LogP contribution in [0.2, 0.25) is 0 Å². The van der Waals surface area contributed by atoms with Crippen LogP contribution in [0.5, 0.6) is 11.5 Å². The minimum absolute atomic E-state index is 0.0122. The van der Waals surface area contributed by atoms with Gasteiger partial charge in [-0.25, -0.2) is 4.99 Å². The fraction of sp³-hybridized carbons (Fsp3) is 0.276. The summed E-state index contributed by atoms with van der Waals surface area (Å²) in [6, 6.07) is 23.0. The maximum absolute atomic E-state index is 5.54. The molecule has 1 atom stereocenters. The van der Waals surface area contributed by atoms with E-state index in [-0.39, 0.29) is 11.6 Å². The standard InChI is InChI=1S/C29H32N4O2/c1-29(2,3)20-12-10-19(11-13-20)28-32-23-9-7-6-8-22(23)25-17-27(30-18-33(25)28)31-24-16-21(34-4)14-15-26(24)35-5/h6-17,28,32H,18H2,1-5H3,(H,30,31). The van der Waals surface area contributed by atoms with Gasteiger partial charge in [0.1, 0.15) is 30.2 Å². The number of para-hydroxylation sites is 1. The van der Waals surface area contributed by atoms with E-state index in [1.54, 1.807) is 14.2 Å². The van der Waals surface area contributed by atoms with Gasteiger partial charge < -0.3 is 25.0 Å². The number of benzene rings is 3. The predicted octanol–water partition coefficient (Wildman–Crippen LogP) is 6.25. The Morgan fingerprint density at radius 1 is 0.971 bits per heavy atom. The second-order valence-electron chi connectivity index (χ2n) is 9.84. The topological polar surface area (TPSA) is 58.1 Å². The SMILES string of the molecule is COc1ccc(OC)c(NC2=NCN3C(=C2)c2ccccc2NC3c2ccc(C(C)(C)C)cc2)c1. The van der Waals surface area contributed by atoms with Crippen molar-refractivity contribution in [3.63, 3.8) is 0 Å². The molecule has 2 aliphatic heterocycles. The molecular formula is C29H32N4O2. The number of aliphatic imine (C=N–C) groups is 1. The average molecular weight is 469 g/mol. The molecule has 0 saturated heterocycles. The van der Waals surface area contributed by atoms with Gasteiger partial charge in [0.05, 0.1) is 25.6 Å². The van der Waals surface area contributed by atoms with Gasteiger partial charge >= 0.3 is 0 Å². The summed E-state index contributed by atoms with van der Waals surface area (Å²) < 4.78 is 10.9. The van der Waals surface area contributed by atoms with Gasteiger partial charge in [0.2, 0.25) is 0 Å². The lowest BCUT2D eigenvalue weighted by Gasteiger charge is -2.42. The molecule has 35 heavy (non-hydrogen) atoms. The third kappa shape index (κ3) is 4.44. The van der Waals surface area contributed by atoms with Crippen LogP contribution < -0.4 is 20.1 Å². The number of anilines is 2. The second kappa shape index (κ2) is 9.02. The number of rotatable bonds is 4. The zero-order valence-corrected chi connectivity index (χ0v) is 20.9. The Balaban J connectivity index is 1.49. The molecule has 1 unspecified atom stereocenters. The van der Waals surface area contributed by atoms with Crippen LogP contribution in [0.1, 0.15) is 43.6 Å². The molecule has 0 aliphatic carbocycles. The Kier molecular flexibility index (Phi) is 5.89. The Morgan fingerprint density at radius 3 is 2.46 bits per heavy atom. The summed E-state index contributed by atoms with van der Waals surface area (Å²) in [7, 11) is 3.32. The van der Waals surface area contributed by atoms with Crippen molar-refractivity contribution in [2.24, 2.45) is 4.99 Å². The molecule has 0 bridgehead atoms. The van der Waals surface area contributed by atoms with Gasteiger partial charge in [-0.3, -0.25) is 0 Å². The van der Waals surface area contributed by atoms with Crippen LogP contribution >= 0.6 is 0 Å². The number of nitrogens with one attached hydrogen (secondary N) is 2. The summed E-state index contributed by atoms with van der Waals surface area (Å²) in [6.07, 6.45) is 2.10. The van der Waals surface area contributed by atoms with Crippen molar-refractivity contribution in [3.05, 3.63) is 89.5 Å². The smallest absolute Gasteiger partial charge is 0.142 e. The highest BCUT2D eigenvalue weighted by Gasteiger charge is 2.32. The zero-order chi connectivity index (χ0) is 24.6. The van der Waals surface area contributed by atoms with Gasteiger partial charge in [0.15, 0.2) is 0 Å². The minimum atomic E-state index is -0.0122. The van der Waals surface area contributed by atoms with Crippen molar-refractivity contribution in [1.29, 1.82) is 0 Å². The lowest BCUT2D eigenvalue weighted by Crippen LogP contribution is -2.39. The molecular weight excluding hydrogens is 436 g/mol. The van der Waals surface area contributed by atoms with Gasteiger partial charge in [-0.2, -0.15) is 0 Å². The van der Waals surface area contributed by atoms with Crippen LogP contribution in [0, 0.1) is 0 Å². The van der Waals surface area contributed by atoms with Gasteiger partial charge in [-0.15, -0.1) is 0 Å². The van der Waals surface area contributed by atoms with Crippen LogP contribution in [-0.2, 0) is 5.41 Å². The van der Waals surface area contributed by atoms with E-state index >= 15 is 0 Å². The lowest BCUT2D eigenvalue weighted by atomic mass is 9.86. The van der Waals surface area contributed by atoms with Gasteiger partial charge in [0.25, 0.3) is 0 Å². The van der Waals surface area contributed by atoms with E-state index in [9.17, 15) is 0 Å². The number of nitrogens with zero attached hydrogens (tertiary/aromatic N) is 2. The summed E-state index contributed by atoms with van der Waals surface area (Å²) in [5, 5.41) is 7.17. The van der Waals surface area contributed by atoms with Crippen molar-refractivity contribution in [2.45, 2.75) is 32.4 Å². The lowest BCUT2D eigenvalue weighted by molar-refractivity contribution is 0.326. The molecule has 6 nitrogen and oxygen atoms in total.